The van der Waals surface area contributed by atoms with Crippen LogP contribution in [0.3, 0.4) is 0 Å². The normalized spacial score (nSPS) is 15.2. The Morgan fingerprint density at radius 1 is 1.03 bits per heavy atom. The highest BCUT2D eigenvalue weighted by atomic mass is 19.1. The third-order valence-electron chi connectivity index (χ3n) is 6.84. The van der Waals surface area contributed by atoms with Gasteiger partial charge in [0.1, 0.15) is 11.6 Å². The fourth-order valence-electron chi connectivity index (χ4n) is 4.65. The quantitative estimate of drug-likeness (QED) is 0.400. The second-order valence-corrected chi connectivity index (χ2v) is 9.83. The number of aromatic nitrogens is 3. The lowest BCUT2D eigenvalue weighted by Crippen LogP contribution is -2.41. The monoisotopic (exact) mass is 512 g/mol. The molecule has 1 aliphatic rings. The summed E-state index contributed by atoms with van der Waals surface area (Å²) < 4.78 is 13.2. The van der Waals surface area contributed by atoms with Crippen molar-refractivity contribution in [2.45, 2.75) is 26.3 Å². The zero-order chi connectivity index (χ0) is 26.8. The van der Waals surface area contributed by atoms with Gasteiger partial charge in [-0.2, -0.15) is 0 Å². The van der Waals surface area contributed by atoms with Gasteiger partial charge in [0, 0.05) is 55.1 Å². The van der Waals surface area contributed by atoms with E-state index >= 15 is 0 Å². The highest BCUT2D eigenvalue weighted by molar-refractivity contribution is 6.02. The maximum atomic E-state index is 13.2. The van der Waals surface area contributed by atoms with Crippen molar-refractivity contribution in [1.82, 2.24) is 19.9 Å². The molecule has 194 valence electrons. The van der Waals surface area contributed by atoms with E-state index in [1.165, 1.54) is 12.1 Å². The van der Waals surface area contributed by atoms with E-state index in [4.69, 9.17) is 4.98 Å². The van der Waals surface area contributed by atoms with Crippen LogP contribution in [0.5, 0.6) is 0 Å². The van der Waals surface area contributed by atoms with E-state index < -0.39 is 5.91 Å². The maximum Gasteiger partial charge on any atom is 0.293 e. The Morgan fingerprint density at radius 2 is 1.76 bits per heavy atom. The van der Waals surface area contributed by atoms with E-state index in [0.717, 1.165) is 41.8 Å². The van der Waals surface area contributed by atoms with E-state index in [0.29, 0.717) is 11.3 Å². The van der Waals surface area contributed by atoms with Crippen LogP contribution < -0.4 is 10.2 Å². The molecular weight excluding hydrogens is 483 g/mol. The number of hydrogen-bond donors (Lipinski definition) is 1. The summed E-state index contributed by atoms with van der Waals surface area (Å²) in [4.78, 5) is 42.3. The molecule has 38 heavy (non-hydrogen) atoms. The van der Waals surface area contributed by atoms with Crippen molar-refractivity contribution < 1.29 is 14.0 Å². The minimum Gasteiger partial charge on any atom is -0.354 e. The summed E-state index contributed by atoms with van der Waals surface area (Å²) in [5.74, 6) is 0.301. The Labute approximate surface area is 220 Å². The molecule has 4 aromatic rings. The molecule has 1 saturated heterocycles. The van der Waals surface area contributed by atoms with E-state index in [1.807, 2.05) is 50.1 Å². The summed E-state index contributed by atoms with van der Waals surface area (Å²) in [5.41, 5.74) is 2.88. The molecule has 1 atom stereocenters. The van der Waals surface area contributed by atoms with Crippen molar-refractivity contribution in [1.29, 1.82) is 0 Å². The lowest BCUT2D eigenvalue weighted by atomic mass is 10.1. The topological polar surface area (TPSA) is 91.3 Å². The maximum absolute atomic E-state index is 13.2. The molecule has 2 aromatic heterocycles. The van der Waals surface area contributed by atoms with E-state index in [1.54, 1.807) is 30.6 Å². The summed E-state index contributed by atoms with van der Waals surface area (Å²) in [6, 6.07) is 15.7. The Morgan fingerprint density at radius 3 is 2.47 bits per heavy atom. The zero-order valence-electron chi connectivity index (χ0n) is 21.6. The van der Waals surface area contributed by atoms with Crippen molar-refractivity contribution in [2.75, 3.05) is 30.4 Å². The molecule has 1 N–H and O–H groups in total. The highest BCUT2D eigenvalue weighted by Gasteiger charge is 2.30. The number of hydrogen-bond acceptors (Lipinski definition) is 6. The number of nitrogens with zero attached hydrogens (tertiary/aromatic N) is 5. The van der Waals surface area contributed by atoms with E-state index in [-0.39, 0.29) is 29.5 Å². The average Bonchev–Trinajstić information content (AvgIpc) is 3.43. The van der Waals surface area contributed by atoms with Gasteiger partial charge in [0.15, 0.2) is 0 Å². The van der Waals surface area contributed by atoms with Crippen LogP contribution in [0.4, 0.5) is 15.9 Å². The summed E-state index contributed by atoms with van der Waals surface area (Å²) in [6.45, 7) is 5.44. The molecular formula is C29H29FN6O2. The van der Waals surface area contributed by atoms with E-state index in [9.17, 15) is 14.0 Å². The predicted octanol–water partition coefficient (Wildman–Crippen LogP) is 4.78. The molecule has 0 unspecified atom stereocenters. The number of carbonyl (C=O) groups excluding carboxylic acids is 2. The third-order valence-corrected chi connectivity index (χ3v) is 6.84. The Bertz CT molecular complexity index is 1470. The molecule has 2 amide bonds. The summed E-state index contributed by atoms with van der Waals surface area (Å²) >= 11 is 0. The van der Waals surface area contributed by atoms with Gasteiger partial charge in [-0.05, 0) is 54.4 Å². The van der Waals surface area contributed by atoms with Crippen LogP contribution in [0.25, 0.3) is 22.0 Å². The van der Waals surface area contributed by atoms with Gasteiger partial charge in [-0.15, -0.1) is 0 Å². The molecule has 2 aromatic carbocycles. The van der Waals surface area contributed by atoms with Crippen molar-refractivity contribution in [3.8, 4) is 11.1 Å². The van der Waals surface area contributed by atoms with Gasteiger partial charge in [-0.3, -0.25) is 9.59 Å². The van der Waals surface area contributed by atoms with Gasteiger partial charge in [0.25, 0.3) is 5.91 Å². The first-order valence-corrected chi connectivity index (χ1v) is 12.6. The molecule has 0 spiro atoms. The third kappa shape index (κ3) is 5.32. The van der Waals surface area contributed by atoms with Crippen LogP contribution in [0, 0.1) is 11.7 Å². The van der Waals surface area contributed by atoms with Crippen molar-refractivity contribution >= 4 is 34.2 Å². The average molecular weight is 513 g/mol. The Balaban J connectivity index is 1.25. The largest absolute Gasteiger partial charge is 0.354 e. The van der Waals surface area contributed by atoms with Crippen molar-refractivity contribution in [2.24, 2.45) is 5.92 Å². The number of anilines is 2. The number of nitrogens with one attached hydrogen (secondary N) is 1. The molecule has 8 nitrogen and oxygen atoms in total. The SMILES string of the molecule is CC(C)C(=O)N(C)[C@@H]1CCN(c2ccc3cc(NC(=O)c4ncc(-c5ccc(F)cc5)cn4)ccc3n2)C1. The Hall–Kier alpha value is -4.40. The van der Waals surface area contributed by atoms with Gasteiger partial charge in [-0.1, -0.05) is 26.0 Å². The van der Waals surface area contributed by atoms with Crippen molar-refractivity contribution in [3.05, 3.63) is 78.6 Å². The van der Waals surface area contributed by atoms with Crippen molar-refractivity contribution in [3.63, 3.8) is 0 Å². The van der Waals surface area contributed by atoms with Gasteiger partial charge >= 0.3 is 0 Å². The number of amides is 2. The first-order valence-electron chi connectivity index (χ1n) is 12.6. The van der Waals surface area contributed by atoms with Crippen LogP contribution in [-0.4, -0.2) is 57.8 Å². The number of pyridine rings is 1. The van der Waals surface area contributed by atoms with Gasteiger partial charge in [0.05, 0.1) is 11.6 Å². The molecule has 9 heteroatoms. The minimum atomic E-state index is -0.428. The number of benzene rings is 2. The van der Waals surface area contributed by atoms with Gasteiger partial charge in [-0.25, -0.2) is 19.3 Å². The molecule has 3 heterocycles. The highest BCUT2D eigenvalue weighted by Crippen LogP contribution is 2.26. The lowest BCUT2D eigenvalue weighted by Gasteiger charge is -2.26. The number of carbonyl (C=O) groups is 2. The molecule has 5 rings (SSSR count). The second-order valence-electron chi connectivity index (χ2n) is 9.83. The summed E-state index contributed by atoms with van der Waals surface area (Å²) in [7, 11) is 1.88. The first kappa shape index (κ1) is 25.3. The number of halogens is 1. The van der Waals surface area contributed by atoms with Crippen LogP contribution in [0.1, 0.15) is 30.9 Å². The van der Waals surface area contributed by atoms with Crippen LogP contribution in [-0.2, 0) is 4.79 Å². The molecule has 0 aliphatic carbocycles. The predicted molar refractivity (Wildman–Crippen MR) is 145 cm³/mol. The van der Waals surface area contributed by atoms with Crippen LogP contribution in [0.2, 0.25) is 0 Å². The standard InChI is InChI=1S/C29H29FN6O2/c1-18(2)29(38)35(3)24-12-13-36(17-24)26-11-6-20-14-23(9-10-25(20)34-26)33-28(37)27-31-15-21(16-32-27)19-4-7-22(30)8-5-19/h4-11,14-16,18,24H,12-13,17H2,1-3H3,(H,33,37)/t24-/m1/s1. The van der Waals surface area contributed by atoms with Crippen LogP contribution >= 0.6 is 0 Å². The number of fused-ring (bicyclic) bond motifs is 1. The van der Waals surface area contributed by atoms with Gasteiger partial charge < -0.3 is 15.1 Å². The molecule has 0 bridgehead atoms. The van der Waals surface area contributed by atoms with Crippen LogP contribution in [0.15, 0.2) is 67.0 Å². The summed E-state index contributed by atoms with van der Waals surface area (Å²) in [5, 5.41) is 3.73. The first-order chi connectivity index (χ1) is 18.3. The fraction of sp³-hybridized carbons (Fsp3) is 0.276. The molecule has 0 radical (unpaired) electrons. The smallest absolute Gasteiger partial charge is 0.293 e. The molecule has 1 aliphatic heterocycles. The summed E-state index contributed by atoms with van der Waals surface area (Å²) in [6.07, 6.45) is 3.99. The number of rotatable bonds is 6. The number of likely N-dealkylation sites (N-methyl/N-ethyl adjacent to an activating group) is 1. The van der Waals surface area contributed by atoms with Gasteiger partial charge in [0.2, 0.25) is 11.7 Å². The molecule has 1 fully saturated rings. The lowest BCUT2D eigenvalue weighted by molar-refractivity contribution is -0.134. The minimum absolute atomic E-state index is 0.0186. The second kappa shape index (κ2) is 10.5. The fourth-order valence-corrected chi connectivity index (χ4v) is 4.65. The van der Waals surface area contributed by atoms with E-state index in [2.05, 4.69) is 20.2 Å². The molecule has 0 saturated carbocycles. The Kier molecular flexibility index (Phi) is 7.00. The zero-order valence-corrected chi connectivity index (χ0v) is 21.6.